The Bertz CT molecular complexity index is 1120. The predicted octanol–water partition coefficient (Wildman–Crippen LogP) is 3.42. The Morgan fingerprint density at radius 1 is 1.13 bits per heavy atom. The molecule has 2 aliphatic heterocycles. The number of hydrogen-bond donors (Lipinski definition) is 1. The van der Waals surface area contributed by atoms with Crippen LogP contribution in [0.25, 0.3) is 0 Å². The average molecular weight is 470 g/mol. The molecule has 2 aromatic carbocycles. The van der Waals surface area contributed by atoms with Crippen molar-refractivity contribution >= 4 is 44.0 Å². The van der Waals surface area contributed by atoms with Crippen LogP contribution in [0.1, 0.15) is 5.56 Å². The van der Waals surface area contributed by atoms with Crippen LogP contribution in [0.4, 0.5) is 24.5 Å². The van der Waals surface area contributed by atoms with Crippen LogP contribution < -0.4 is 10.2 Å². The van der Waals surface area contributed by atoms with E-state index < -0.39 is 27.5 Å². The SMILES string of the molecule is O=C(CN(C1=N[C@@H]2CS(=O)(=O)C[C@@H]2S1)c1ccccc1)Nc1cccc(C(F)(F)F)c1. The van der Waals surface area contributed by atoms with E-state index in [0.717, 1.165) is 12.1 Å². The lowest BCUT2D eigenvalue weighted by Gasteiger charge is -2.24. The van der Waals surface area contributed by atoms with Gasteiger partial charge in [-0.15, -0.1) is 0 Å². The molecule has 1 saturated heterocycles. The van der Waals surface area contributed by atoms with Crippen LogP contribution in [0.15, 0.2) is 59.6 Å². The minimum absolute atomic E-state index is 0.0206. The smallest absolute Gasteiger partial charge is 0.325 e. The van der Waals surface area contributed by atoms with E-state index in [2.05, 4.69) is 10.3 Å². The zero-order chi connectivity index (χ0) is 22.2. The Balaban J connectivity index is 1.53. The van der Waals surface area contributed by atoms with Crippen LogP contribution in [0, 0.1) is 0 Å². The fourth-order valence-corrected chi connectivity index (χ4v) is 7.25. The first-order chi connectivity index (χ1) is 14.6. The number of nitrogens with one attached hydrogen (secondary N) is 1. The number of halogens is 3. The summed E-state index contributed by atoms with van der Waals surface area (Å²) in [4.78, 5) is 18.8. The van der Waals surface area contributed by atoms with E-state index in [4.69, 9.17) is 0 Å². The summed E-state index contributed by atoms with van der Waals surface area (Å²) in [5.41, 5.74) is -0.137. The van der Waals surface area contributed by atoms with E-state index in [1.54, 1.807) is 29.2 Å². The Morgan fingerprint density at radius 2 is 1.87 bits per heavy atom. The summed E-state index contributed by atoms with van der Waals surface area (Å²) in [5.74, 6) is -0.502. The Kier molecular flexibility index (Phi) is 5.73. The second-order valence-corrected chi connectivity index (χ2v) is 10.6. The normalized spacial score (nSPS) is 22.0. The zero-order valence-corrected chi connectivity index (χ0v) is 17.7. The molecule has 4 rings (SSSR count). The van der Waals surface area contributed by atoms with Gasteiger partial charge >= 0.3 is 6.18 Å². The molecule has 6 nitrogen and oxygen atoms in total. The quantitative estimate of drug-likeness (QED) is 0.743. The van der Waals surface area contributed by atoms with E-state index in [0.29, 0.717) is 10.9 Å². The van der Waals surface area contributed by atoms with Gasteiger partial charge in [-0.1, -0.05) is 36.0 Å². The first kappa shape index (κ1) is 21.7. The number of carbonyl (C=O) groups is 1. The number of amidine groups is 1. The van der Waals surface area contributed by atoms with Gasteiger partial charge in [0.15, 0.2) is 15.0 Å². The Hall–Kier alpha value is -2.53. The minimum Gasteiger partial charge on any atom is -0.325 e. The number of carbonyl (C=O) groups excluding carboxylic acids is 1. The third-order valence-electron chi connectivity index (χ3n) is 4.88. The molecule has 0 bridgehead atoms. The van der Waals surface area contributed by atoms with Gasteiger partial charge in [0.25, 0.3) is 0 Å². The number of fused-ring (bicyclic) bond motifs is 1. The van der Waals surface area contributed by atoms with Crippen LogP contribution in [-0.2, 0) is 20.8 Å². The maximum atomic E-state index is 12.9. The second kappa shape index (κ2) is 8.19. The van der Waals surface area contributed by atoms with Crippen LogP contribution in [0.5, 0.6) is 0 Å². The highest BCUT2D eigenvalue weighted by Crippen LogP contribution is 2.37. The van der Waals surface area contributed by atoms with Crippen molar-refractivity contribution in [2.45, 2.75) is 17.5 Å². The average Bonchev–Trinajstić information content (AvgIpc) is 3.19. The fraction of sp³-hybridized carbons (Fsp3) is 0.300. The lowest BCUT2D eigenvalue weighted by atomic mass is 10.2. The third kappa shape index (κ3) is 5.04. The number of rotatable bonds is 4. The molecule has 2 aliphatic rings. The van der Waals surface area contributed by atoms with Gasteiger partial charge in [-0.3, -0.25) is 9.79 Å². The second-order valence-electron chi connectivity index (χ2n) is 7.26. The number of hydrogen-bond acceptors (Lipinski definition) is 6. The van der Waals surface area contributed by atoms with Crippen LogP contribution in [0.2, 0.25) is 0 Å². The molecule has 0 saturated carbocycles. The number of para-hydroxylation sites is 1. The molecule has 2 heterocycles. The molecule has 2 aromatic rings. The topological polar surface area (TPSA) is 78.8 Å². The lowest BCUT2D eigenvalue weighted by molar-refractivity contribution is -0.137. The summed E-state index contributed by atoms with van der Waals surface area (Å²) in [6.07, 6.45) is -4.51. The Morgan fingerprint density at radius 3 is 2.55 bits per heavy atom. The summed E-state index contributed by atoms with van der Waals surface area (Å²) in [6, 6.07) is 13.0. The molecule has 1 fully saturated rings. The van der Waals surface area contributed by atoms with Crippen molar-refractivity contribution in [3.63, 3.8) is 0 Å². The van der Waals surface area contributed by atoms with Gasteiger partial charge in [-0.05, 0) is 30.3 Å². The van der Waals surface area contributed by atoms with Gasteiger partial charge in [0.1, 0.15) is 6.54 Å². The summed E-state index contributed by atoms with van der Waals surface area (Å²) < 4.78 is 62.4. The van der Waals surface area contributed by atoms with E-state index in [1.165, 1.54) is 23.9 Å². The maximum Gasteiger partial charge on any atom is 0.416 e. The minimum atomic E-state index is -4.51. The van der Waals surface area contributed by atoms with Gasteiger partial charge in [0.2, 0.25) is 5.91 Å². The van der Waals surface area contributed by atoms with Gasteiger partial charge in [-0.25, -0.2) is 8.42 Å². The molecule has 31 heavy (non-hydrogen) atoms. The van der Waals surface area contributed by atoms with Crippen LogP contribution >= 0.6 is 11.8 Å². The predicted molar refractivity (Wildman–Crippen MR) is 115 cm³/mol. The van der Waals surface area contributed by atoms with Crippen molar-refractivity contribution in [2.75, 3.05) is 28.3 Å². The van der Waals surface area contributed by atoms with E-state index in [-0.39, 0.29) is 35.0 Å². The summed E-state index contributed by atoms with van der Waals surface area (Å²) in [7, 11) is -3.12. The molecule has 2 atom stereocenters. The summed E-state index contributed by atoms with van der Waals surface area (Å²) >= 11 is 1.31. The van der Waals surface area contributed by atoms with Crippen molar-refractivity contribution in [2.24, 2.45) is 4.99 Å². The van der Waals surface area contributed by atoms with Crippen molar-refractivity contribution in [1.29, 1.82) is 0 Å². The van der Waals surface area contributed by atoms with Gasteiger partial charge in [-0.2, -0.15) is 13.2 Å². The van der Waals surface area contributed by atoms with Crippen LogP contribution in [-0.4, -0.2) is 48.8 Å². The number of alkyl halides is 3. The van der Waals surface area contributed by atoms with Crippen molar-refractivity contribution in [1.82, 2.24) is 0 Å². The fourth-order valence-electron chi connectivity index (χ4n) is 3.47. The van der Waals surface area contributed by atoms with Crippen molar-refractivity contribution in [3.8, 4) is 0 Å². The third-order valence-corrected chi connectivity index (χ3v) is 8.13. The number of sulfone groups is 1. The number of amides is 1. The monoisotopic (exact) mass is 469 g/mol. The highest BCUT2D eigenvalue weighted by Gasteiger charge is 2.44. The van der Waals surface area contributed by atoms with Crippen molar-refractivity contribution < 1.29 is 26.4 Å². The van der Waals surface area contributed by atoms with Crippen LogP contribution in [0.3, 0.4) is 0 Å². The number of aliphatic imine (C=N–C) groups is 1. The maximum absolute atomic E-state index is 12.9. The molecular weight excluding hydrogens is 451 g/mol. The molecule has 164 valence electrons. The first-order valence-electron chi connectivity index (χ1n) is 9.35. The highest BCUT2D eigenvalue weighted by atomic mass is 32.2. The molecule has 11 heteroatoms. The Labute approximate surface area is 181 Å². The molecule has 0 radical (unpaired) electrons. The number of thioether (sulfide) groups is 1. The largest absolute Gasteiger partial charge is 0.416 e. The number of nitrogens with zero attached hydrogens (tertiary/aromatic N) is 2. The summed E-state index contributed by atoms with van der Waals surface area (Å²) in [6.45, 7) is -0.182. The van der Waals surface area contributed by atoms with Gasteiger partial charge < -0.3 is 10.2 Å². The number of anilines is 2. The van der Waals surface area contributed by atoms with E-state index >= 15 is 0 Å². The van der Waals surface area contributed by atoms with Crippen molar-refractivity contribution in [3.05, 3.63) is 60.2 Å². The zero-order valence-electron chi connectivity index (χ0n) is 16.0. The molecule has 0 unspecified atom stereocenters. The molecule has 0 aliphatic carbocycles. The van der Waals surface area contributed by atoms with Gasteiger partial charge in [0, 0.05) is 16.6 Å². The van der Waals surface area contributed by atoms with Gasteiger partial charge in [0.05, 0.1) is 23.1 Å². The van der Waals surface area contributed by atoms with E-state index in [9.17, 15) is 26.4 Å². The molecule has 0 aromatic heterocycles. The molecule has 1 N–H and O–H groups in total. The first-order valence-corrected chi connectivity index (χ1v) is 12.1. The highest BCUT2D eigenvalue weighted by molar-refractivity contribution is 8.15. The molecule has 1 amide bonds. The standard InChI is InChI=1S/C20H18F3N3O3S2/c21-20(22,23)13-5-4-6-14(9-13)24-18(27)10-26(15-7-2-1-3-8-15)19-25-16-11-31(28,29)12-17(16)30-19/h1-9,16-17H,10-12H2,(H,24,27)/t16-,17+/m1/s1. The lowest BCUT2D eigenvalue weighted by Crippen LogP contribution is -2.36. The summed E-state index contributed by atoms with van der Waals surface area (Å²) in [5, 5.41) is 2.83. The van der Waals surface area contributed by atoms with E-state index in [1.807, 2.05) is 6.07 Å². The molecule has 0 spiro atoms. The molecular formula is C20H18F3N3O3S2. The number of benzene rings is 2.